The topological polar surface area (TPSA) is 122 Å². The lowest BCUT2D eigenvalue weighted by Gasteiger charge is -2.35. The number of benzene rings is 1. The molecule has 0 radical (unpaired) electrons. The molecule has 1 fully saturated rings. The summed E-state index contributed by atoms with van der Waals surface area (Å²) in [5.41, 5.74) is -0.803. The normalized spacial score (nSPS) is 16.6. The first-order chi connectivity index (χ1) is 11.8. The van der Waals surface area contributed by atoms with Gasteiger partial charge in [-0.2, -0.15) is 0 Å². The van der Waals surface area contributed by atoms with Gasteiger partial charge in [0.2, 0.25) is 0 Å². The largest absolute Gasteiger partial charge is 0.465 e. The van der Waals surface area contributed by atoms with E-state index in [9.17, 15) is 19.7 Å². The van der Waals surface area contributed by atoms with Crippen molar-refractivity contribution in [1.29, 1.82) is 0 Å². The first-order valence-electron chi connectivity index (χ1n) is 7.66. The highest BCUT2D eigenvalue weighted by Crippen LogP contribution is 2.28. The summed E-state index contributed by atoms with van der Waals surface area (Å²) >= 11 is 0. The second kappa shape index (κ2) is 7.29. The van der Waals surface area contributed by atoms with Crippen molar-refractivity contribution >= 4 is 24.0 Å². The van der Waals surface area contributed by atoms with Crippen LogP contribution < -0.4 is 0 Å². The number of nitrogens with zero attached hydrogens (tertiary/aromatic N) is 3. The van der Waals surface area contributed by atoms with Crippen molar-refractivity contribution in [2.45, 2.75) is 25.3 Å². The standard InChI is InChI=1S/C16H19N3O6/c1-16(6-8-18(9-7-16)15(21)22)17-10-11-4-3-5-12(14(20)25-2)13(11)19(23)24/h3-5,10H,6-9H2,1-2H3,(H,21,22). The fraction of sp³-hybridized carbons (Fsp3) is 0.438. The van der Waals surface area contributed by atoms with E-state index in [0.29, 0.717) is 25.9 Å². The minimum atomic E-state index is -0.965. The zero-order valence-electron chi connectivity index (χ0n) is 14.0. The number of aliphatic imine (C=N–C) groups is 1. The number of ether oxygens (including phenoxy) is 1. The zero-order valence-corrected chi connectivity index (χ0v) is 14.0. The van der Waals surface area contributed by atoms with E-state index >= 15 is 0 Å². The van der Waals surface area contributed by atoms with Gasteiger partial charge in [-0.1, -0.05) is 6.07 Å². The van der Waals surface area contributed by atoms with Gasteiger partial charge in [-0.05, 0) is 31.9 Å². The third-order valence-electron chi connectivity index (χ3n) is 4.28. The van der Waals surface area contributed by atoms with E-state index < -0.39 is 22.5 Å². The van der Waals surface area contributed by atoms with Gasteiger partial charge < -0.3 is 14.7 Å². The zero-order chi connectivity index (χ0) is 18.6. The Hall–Kier alpha value is -2.97. The van der Waals surface area contributed by atoms with Crippen LogP contribution in [0, 0.1) is 10.1 Å². The smallest absolute Gasteiger partial charge is 0.407 e. The van der Waals surface area contributed by atoms with Crippen LogP contribution in [-0.4, -0.2) is 58.9 Å². The Morgan fingerprint density at radius 3 is 2.56 bits per heavy atom. The highest BCUT2D eigenvalue weighted by Gasteiger charge is 2.31. The molecule has 1 aliphatic rings. The Bertz CT molecular complexity index is 723. The second-order valence-electron chi connectivity index (χ2n) is 6.02. The van der Waals surface area contributed by atoms with Crippen molar-refractivity contribution in [3.63, 3.8) is 0 Å². The van der Waals surface area contributed by atoms with Crippen LogP contribution in [0.1, 0.15) is 35.7 Å². The highest BCUT2D eigenvalue weighted by atomic mass is 16.6. The van der Waals surface area contributed by atoms with Gasteiger partial charge in [-0.25, -0.2) is 9.59 Å². The molecule has 9 heteroatoms. The van der Waals surface area contributed by atoms with E-state index in [-0.39, 0.29) is 16.8 Å². The molecular formula is C16H19N3O6. The first-order valence-corrected chi connectivity index (χ1v) is 7.66. The number of piperidine rings is 1. The predicted octanol–water partition coefficient (Wildman–Crippen LogP) is 2.33. The molecule has 1 N–H and O–H groups in total. The Morgan fingerprint density at radius 1 is 1.40 bits per heavy atom. The quantitative estimate of drug-likeness (QED) is 0.385. The molecule has 1 amide bonds. The van der Waals surface area contributed by atoms with Crippen LogP contribution in [0.2, 0.25) is 0 Å². The molecule has 0 atom stereocenters. The minimum Gasteiger partial charge on any atom is -0.465 e. The fourth-order valence-electron chi connectivity index (χ4n) is 2.68. The Morgan fingerprint density at radius 2 is 2.04 bits per heavy atom. The van der Waals surface area contributed by atoms with Gasteiger partial charge in [0.05, 0.1) is 23.1 Å². The maximum absolute atomic E-state index is 11.7. The number of nitro benzene ring substituents is 1. The van der Waals surface area contributed by atoms with E-state index in [0.717, 1.165) is 7.11 Å². The lowest BCUT2D eigenvalue weighted by Crippen LogP contribution is -2.43. The molecule has 1 heterocycles. The van der Waals surface area contributed by atoms with Gasteiger partial charge in [0.15, 0.2) is 0 Å². The number of carbonyl (C=O) groups excluding carboxylic acids is 1. The summed E-state index contributed by atoms with van der Waals surface area (Å²) in [5.74, 6) is -0.789. The summed E-state index contributed by atoms with van der Waals surface area (Å²) in [6.45, 7) is 2.58. The molecule has 134 valence electrons. The molecule has 9 nitrogen and oxygen atoms in total. The molecular weight excluding hydrogens is 330 g/mol. The maximum atomic E-state index is 11.7. The van der Waals surface area contributed by atoms with Crippen molar-refractivity contribution in [3.8, 4) is 0 Å². The molecule has 0 spiro atoms. The number of nitro groups is 1. The molecule has 1 aliphatic heterocycles. The summed E-state index contributed by atoms with van der Waals surface area (Å²) in [4.78, 5) is 39.2. The van der Waals surface area contributed by atoms with Gasteiger partial charge in [0.1, 0.15) is 5.56 Å². The Kier molecular flexibility index (Phi) is 5.35. The summed E-state index contributed by atoms with van der Waals surface area (Å²) in [7, 11) is 1.16. The first kappa shape index (κ1) is 18.4. The Balaban J connectivity index is 2.28. The van der Waals surface area contributed by atoms with Gasteiger partial charge >= 0.3 is 12.1 Å². The summed E-state index contributed by atoms with van der Waals surface area (Å²) in [5, 5.41) is 20.4. The van der Waals surface area contributed by atoms with Crippen LogP contribution in [0.15, 0.2) is 23.2 Å². The summed E-state index contributed by atoms with van der Waals surface area (Å²) < 4.78 is 4.58. The number of carboxylic acid groups (broad SMARTS) is 1. The van der Waals surface area contributed by atoms with Crippen LogP contribution in [-0.2, 0) is 4.74 Å². The average molecular weight is 349 g/mol. The van der Waals surface area contributed by atoms with Gasteiger partial charge in [-0.3, -0.25) is 15.1 Å². The molecule has 1 aromatic carbocycles. The minimum absolute atomic E-state index is 0.137. The molecule has 25 heavy (non-hydrogen) atoms. The van der Waals surface area contributed by atoms with E-state index in [1.165, 1.54) is 29.3 Å². The highest BCUT2D eigenvalue weighted by molar-refractivity contribution is 5.99. The number of methoxy groups -OCH3 is 1. The van der Waals surface area contributed by atoms with Crippen molar-refractivity contribution in [2.24, 2.45) is 4.99 Å². The third-order valence-corrected chi connectivity index (χ3v) is 4.28. The van der Waals surface area contributed by atoms with E-state index in [4.69, 9.17) is 5.11 Å². The SMILES string of the molecule is COC(=O)c1cccc(C=NC2(C)CCN(C(=O)O)CC2)c1[N+](=O)[O-]. The van der Waals surface area contributed by atoms with E-state index in [1.54, 1.807) is 0 Å². The van der Waals surface area contributed by atoms with Gasteiger partial charge in [-0.15, -0.1) is 0 Å². The number of carbonyl (C=O) groups is 2. The second-order valence-corrected chi connectivity index (χ2v) is 6.02. The fourth-order valence-corrected chi connectivity index (χ4v) is 2.68. The van der Waals surface area contributed by atoms with Crippen LogP contribution in [0.4, 0.5) is 10.5 Å². The average Bonchev–Trinajstić information content (AvgIpc) is 2.59. The molecule has 1 aromatic rings. The number of amides is 1. The summed E-state index contributed by atoms with van der Waals surface area (Å²) in [6.07, 6.45) is 1.44. The molecule has 1 saturated heterocycles. The van der Waals surface area contributed by atoms with E-state index in [1.807, 2.05) is 6.92 Å². The van der Waals surface area contributed by atoms with Crippen LogP contribution >= 0.6 is 0 Å². The van der Waals surface area contributed by atoms with Crippen molar-refractivity contribution in [3.05, 3.63) is 39.4 Å². The number of hydrogen-bond acceptors (Lipinski definition) is 6. The van der Waals surface area contributed by atoms with E-state index in [2.05, 4.69) is 9.73 Å². The van der Waals surface area contributed by atoms with Gasteiger partial charge in [0.25, 0.3) is 5.69 Å². The molecule has 0 unspecified atom stereocenters. The van der Waals surface area contributed by atoms with Crippen molar-refractivity contribution in [1.82, 2.24) is 4.90 Å². The van der Waals surface area contributed by atoms with Crippen LogP contribution in [0.3, 0.4) is 0 Å². The number of para-hydroxylation sites is 1. The predicted molar refractivity (Wildman–Crippen MR) is 89.3 cm³/mol. The lowest BCUT2D eigenvalue weighted by atomic mass is 9.90. The van der Waals surface area contributed by atoms with Crippen LogP contribution in [0.25, 0.3) is 0 Å². The monoisotopic (exact) mass is 349 g/mol. The van der Waals surface area contributed by atoms with Crippen molar-refractivity contribution in [2.75, 3.05) is 20.2 Å². The van der Waals surface area contributed by atoms with Crippen LogP contribution in [0.5, 0.6) is 0 Å². The molecule has 0 aromatic heterocycles. The number of hydrogen-bond donors (Lipinski definition) is 1. The Labute approximate surface area is 144 Å². The molecule has 0 aliphatic carbocycles. The van der Waals surface area contributed by atoms with Gasteiger partial charge in [0, 0.05) is 19.3 Å². The number of rotatable bonds is 4. The lowest BCUT2D eigenvalue weighted by molar-refractivity contribution is -0.385. The number of likely N-dealkylation sites (tertiary alicyclic amines) is 1. The number of esters is 1. The van der Waals surface area contributed by atoms with Crippen molar-refractivity contribution < 1.29 is 24.4 Å². The molecule has 0 saturated carbocycles. The third kappa shape index (κ3) is 4.11. The molecule has 0 bridgehead atoms. The summed E-state index contributed by atoms with van der Waals surface area (Å²) in [6, 6.07) is 4.36. The molecule has 2 rings (SSSR count). The maximum Gasteiger partial charge on any atom is 0.407 e.